The smallest absolute Gasteiger partial charge is 0.183 e. The van der Waals surface area contributed by atoms with E-state index >= 15 is 0 Å². The van der Waals surface area contributed by atoms with E-state index in [2.05, 4.69) is 57.8 Å². The van der Waals surface area contributed by atoms with Gasteiger partial charge < -0.3 is 5.32 Å². The second-order valence-corrected chi connectivity index (χ2v) is 5.60. The van der Waals surface area contributed by atoms with E-state index in [1.165, 1.54) is 11.9 Å². The molecule has 19 heavy (non-hydrogen) atoms. The molecule has 1 atom stereocenters. The number of thioether (sulfide) groups is 1. The first-order valence-corrected chi connectivity index (χ1v) is 7.58. The molecule has 0 amide bonds. The summed E-state index contributed by atoms with van der Waals surface area (Å²) in [4.78, 5) is 4.08. The van der Waals surface area contributed by atoms with Gasteiger partial charge in [0.1, 0.15) is 6.33 Å². The van der Waals surface area contributed by atoms with Crippen LogP contribution in [0.2, 0.25) is 0 Å². The van der Waals surface area contributed by atoms with Crippen molar-refractivity contribution in [2.45, 2.75) is 31.0 Å². The van der Waals surface area contributed by atoms with Gasteiger partial charge in [-0.3, -0.25) is 5.10 Å². The number of aromatic nitrogens is 3. The van der Waals surface area contributed by atoms with Crippen LogP contribution in [0.5, 0.6) is 0 Å². The van der Waals surface area contributed by atoms with Crippen molar-refractivity contribution in [3.8, 4) is 0 Å². The third-order valence-electron chi connectivity index (χ3n) is 2.94. The number of aryl methyl sites for hydroxylation is 1. The lowest BCUT2D eigenvalue weighted by Crippen LogP contribution is -2.28. The fourth-order valence-electron chi connectivity index (χ4n) is 1.85. The summed E-state index contributed by atoms with van der Waals surface area (Å²) in [5.41, 5.74) is 1.41. The summed E-state index contributed by atoms with van der Waals surface area (Å²) in [6.45, 7) is 3.23. The molecule has 5 heteroatoms. The Hall–Kier alpha value is -1.33. The molecule has 2 rings (SSSR count). The van der Waals surface area contributed by atoms with Gasteiger partial charge in [-0.1, -0.05) is 42.1 Å². The van der Waals surface area contributed by atoms with E-state index < -0.39 is 0 Å². The number of nitrogens with zero attached hydrogens (tertiary/aromatic N) is 2. The highest BCUT2D eigenvalue weighted by Gasteiger charge is 2.02. The average molecular weight is 276 g/mol. The highest BCUT2D eigenvalue weighted by atomic mass is 32.2. The minimum atomic E-state index is 0.538. The number of H-pyrrole nitrogens is 1. The first-order valence-electron chi connectivity index (χ1n) is 6.60. The Kier molecular flexibility index (Phi) is 5.91. The molecule has 4 nitrogen and oxygen atoms in total. The van der Waals surface area contributed by atoms with Gasteiger partial charge in [0.05, 0.1) is 0 Å². The third-order valence-corrected chi connectivity index (χ3v) is 3.81. The number of benzene rings is 1. The van der Waals surface area contributed by atoms with Gasteiger partial charge >= 0.3 is 0 Å². The molecule has 0 saturated heterocycles. The van der Waals surface area contributed by atoms with Crippen molar-refractivity contribution in [1.29, 1.82) is 0 Å². The monoisotopic (exact) mass is 276 g/mol. The van der Waals surface area contributed by atoms with E-state index in [0.29, 0.717) is 6.04 Å². The molecule has 0 spiro atoms. The molecule has 1 heterocycles. The maximum atomic E-state index is 4.08. The van der Waals surface area contributed by atoms with Gasteiger partial charge in [0, 0.05) is 18.3 Å². The zero-order valence-corrected chi connectivity index (χ0v) is 12.0. The molecular weight excluding hydrogens is 256 g/mol. The van der Waals surface area contributed by atoms with Crippen molar-refractivity contribution in [2.75, 3.05) is 12.3 Å². The summed E-state index contributed by atoms with van der Waals surface area (Å²) >= 11 is 1.69. The van der Waals surface area contributed by atoms with Crippen LogP contribution < -0.4 is 5.32 Å². The number of rotatable bonds is 8. The van der Waals surface area contributed by atoms with Gasteiger partial charge in [0.2, 0.25) is 0 Å². The molecule has 1 aromatic heterocycles. The zero-order chi connectivity index (χ0) is 13.3. The molecule has 1 aromatic carbocycles. The summed E-state index contributed by atoms with van der Waals surface area (Å²) in [7, 11) is 0. The molecule has 0 fully saturated rings. The van der Waals surface area contributed by atoms with Crippen LogP contribution in [0.1, 0.15) is 18.9 Å². The standard InChI is InChI=1S/C14H20N4S/c1-12(7-8-13-5-3-2-4-6-13)15-9-10-19-14-16-11-17-18-14/h2-6,11-12,15H,7-10H2,1H3,(H,16,17,18)/t12-/m0/s1. The van der Waals surface area contributed by atoms with E-state index in [-0.39, 0.29) is 0 Å². The van der Waals surface area contributed by atoms with Gasteiger partial charge in [-0.15, -0.1) is 0 Å². The highest BCUT2D eigenvalue weighted by molar-refractivity contribution is 7.99. The summed E-state index contributed by atoms with van der Waals surface area (Å²) in [5.74, 6) is 1.00. The molecule has 0 aliphatic carbocycles. The maximum Gasteiger partial charge on any atom is 0.183 e. The van der Waals surface area contributed by atoms with Crippen LogP contribution in [0.3, 0.4) is 0 Å². The fraction of sp³-hybridized carbons (Fsp3) is 0.429. The molecule has 0 radical (unpaired) electrons. The van der Waals surface area contributed by atoms with E-state index in [1.807, 2.05) is 0 Å². The molecular formula is C14H20N4S. The van der Waals surface area contributed by atoms with Crippen molar-refractivity contribution in [3.63, 3.8) is 0 Å². The molecule has 0 aliphatic rings. The van der Waals surface area contributed by atoms with Gasteiger partial charge in [-0.25, -0.2) is 4.98 Å². The number of hydrogen-bond donors (Lipinski definition) is 2. The van der Waals surface area contributed by atoms with E-state index in [9.17, 15) is 0 Å². The summed E-state index contributed by atoms with van der Waals surface area (Å²) in [5, 5.41) is 11.1. The summed E-state index contributed by atoms with van der Waals surface area (Å²) < 4.78 is 0. The third kappa shape index (κ3) is 5.44. The molecule has 2 aromatic rings. The topological polar surface area (TPSA) is 53.6 Å². The van der Waals surface area contributed by atoms with Crippen molar-refractivity contribution < 1.29 is 0 Å². The Balaban J connectivity index is 1.56. The number of aromatic amines is 1. The Morgan fingerprint density at radius 2 is 2.16 bits per heavy atom. The van der Waals surface area contributed by atoms with E-state index in [1.54, 1.807) is 11.8 Å². The normalized spacial score (nSPS) is 12.5. The minimum absolute atomic E-state index is 0.538. The van der Waals surface area contributed by atoms with Gasteiger partial charge in [-0.05, 0) is 25.3 Å². The predicted octanol–water partition coefficient (Wildman–Crippen LogP) is 2.51. The zero-order valence-electron chi connectivity index (χ0n) is 11.2. The van der Waals surface area contributed by atoms with Crippen LogP contribution in [-0.2, 0) is 6.42 Å². The van der Waals surface area contributed by atoms with Gasteiger partial charge in [0.15, 0.2) is 5.16 Å². The van der Waals surface area contributed by atoms with Crippen LogP contribution in [0.25, 0.3) is 0 Å². The first-order chi connectivity index (χ1) is 9.34. The molecule has 0 aliphatic heterocycles. The van der Waals surface area contributed by atoms with Gasteiger partial charge in [0.25, 0.3) is 0 Å². The minimum Gasteiger partial charge on any atom is -0.313 e. The van der Waals surface area contributed by atoms with Crippen molar-refractivity contribution in [1.82, 2.24) is 20.5 Å². The maximum absolute atomic E-state index is 4.08. The lowest BCUT2D eigenvalue weighted by Gasteiger charge is -2.13. The summed E-state index contributed by atoms with van der Waals surface area (Å²) in [6, 6.07) is 11.2. The number of hydrogen-bond acceptors (Lipinski definition) is 4. The SMILES string of the molecule is C[C@@H](CCc1ccccc1)NCCSc1ncn[nH]1. The van der Waals surface area contributed by atoms with E-state index in [0.717, 1.165) is 30.3 Å². The molecule has 2 N–H and O–H groups in total. The summed E-state index contributed by atoms with van der Waals surface area (Å²) in [6.07, 6.45) is 3.83. The predicted molar refractivity (Wildman–Crippen MR) is 79.3 cm³/mol. The van der Waals surface area contributed by atoms with Crippen molar-refractivity contribution in [2.24, 2.45) is 0 Å². The highest BCUT2D eigenvalue weighted by Crippen LogP contribution is 2.09. The Morgan fingerprint density at radius 1 is 1.32 bits per heavy atom. The Morgan fingerprint density at radius 3 is 2.89 bits per heavy atom. The largest absolute Gasteiger partial charge is 0.313 e. The number of nitrogens with one attached hydrogen (secondary N) is 2. The molecule has 0 bridgehead atoms. The fourth-order valence-corrected chi connectivity index (χ4v) is 2.50. The lowest BCUT2D eigenvalue weighted by molar-refractivity contribution is 0.532. The Labute approximate surface area is 118 Å². The second-order valence-electron chi connectivity index (χ2n) is 4.52. The average Bonchev–Trinajstić information content (AvgIpc) is 2.96. The van der Waals surface area contributed by atoms with Crippen LogP contribution >= 0.6 is 11.8 Å². The first kappa shape index (κ1) is 14.1. The lowest BCUT2D eigenvalue weighted by atomic mass is 10.1. The van der Waals surface area contributed by atoms with Crippen LogP contribution in [0.4, 0.5) is 0 Å². The van der Waals surface area contributed by atoms with Crippen molar-refractivity contribution >= 4 is 11.8 Å². The molecule has 0 saturated carbocycles. The molecule has 102 valence electrons. The Bertz CT molecular complexity index is 444. The van der Waals surface area contributed by atoms with Crippen LogP contribution in [-0.4, -0.2) is 33.5 Å². The van der Waals surface area contributed by atoms with Crippen LogP contribution in [0, 0.1) is 0 Å². The molecule has 0 unspecified atom stereocenters. The van der Waals surface area contributed by atoms with E-state index in [4.69, 9.17) is 0 Å². The quantitative estimate of drug-likeness (QED) is 0.574. The van der Waals surface area contributed by atoms with Crippen LogP contribution in [0.15, 0.2) is 41.8 Å². The van der Waals surface area contributed by atoms with Crippen molar-refractivity contribution in [3.05, 3.63) is 42.2 Å². The second kappa shape index (κ2) is 7.96. The van der Waals surface area contributed by atoms with Gasteiger partial charge in [-0.2, -0.15) is 5.10 Å².